The molecule has 0 aliphatic heterocycles. The molecule has 6 heteroatoms. The molecular formula is C17H28NO4P. The summed E-state index contributed by atoms with van der Waals surface area (Å²) < 4.78 is 11.0. The summed E-state index contributed by atoms with van der Waals surface area (Å²) in [6.45, 7) is 12.5. The number of nitrogens with one attached hydrogen (secondary N) is 1. The van der Waals surface area contributed by atoms with E-state index in [1.165, 1.54) is 5.56 Å². The van der Waals surface area contributed by atoms with Crippen molar-refractivity contribution < 1.29 is 19.1 Å². The normalized spacial score (nSPS) is 12.3. The standard InChI is InChI=1S/C17H28NO4P/c1-10(2)13-7-14(11(3)4)16(15(8-13)12(5)6)9-17(19)18-23(20,21)22/h7-8,10-12H,9H2,1-6H3,(H3,18,19,20,21,22). The quantitative estimate of drug-likeness (QED) is 0.687. The molecule has 0 spiro atoms. The Balaban J connectivity index is 3.37. The summed E-state index contributed by atoms with van der Waals surface area (Å²) in [4.78, 5) is 29.8. The highest BCUT2D eigenvalue weighted by atomic mass is 31.2. The van der Waals surface area contributed by atoms with Gasteiger partial charge < -0.3 is 9.79 Å². The van der Waals surface area contributed by atoms with Gasteiger partial charge in [0.2, 0.25) is 5.91 Å². The average Bonchev–Trinajstić information content (AvgIpc) is 2.35. The highest BCUT2D eigenvalue weighted by Gasteiger charge is 2.22. The lowest BCUT2D eigenvalue weighted by atomic mass is 9.83. The average molecular weight is 341 g/mol. The van der Waals surface area contributed by atoms with Crippen molar-refractivity contribution in [3.05, 3.63) is 34.4 Å². The van der Waals surface area contributed by atoms with Crippen LogP contribution in [0.15, 0.2) is 12.1 Å². The molecule has 0 aliphatic rings. The summed E-state index contributed by atoms with van der Waals surface area (Å²) in [5.41, 5.74) is 4.24. The van der Waals surface area contributed by atoms with Crippen LogP contribution in [-0.4, -0.2) is 15.7 Å². The summed E-state index contributed by atoms with van der Waals surface area (Å²) >= 11 is 0. The van der Waals surface area contributed by atoms with E-state index in [0.717, 1.165) is 16.7 Å². The zero-order valence-electron chi connectivity index (χ0n) is 14.8. The third-order valence-electron chi connectivity index (χ3n) is 3.86. The fraction of sp³-hybridized carbons (Fsp3) is 0.588. The van der Waals surface area contributed by atoms with E-state index in [0.29, 0.717) is 5.92 Å². The first kappa shape index (κ1) is 19.9. The fourth-order valence-corrected chi connectivity index (χ4v) is 3.08. The van der Waals surface area contributed by atoms with Crippen molar-refractivity contribution in [1.29, 1.82) is 0 Å². The van der Waals surface area contributed by atoms with Crippen molar-refractivity contribution in [3.8, 4) is 0 Å². The largest absolute Gasteiger partial charge is 0.429 e. The zero-order chi connectivity index (χ0) is 17.9. The van der Waals surface area contributed by atoms with Gasteiger partial charge in [0.25, 0.3) is 0 Å². The van der Waals surface area contributed by atoms with E-state index in [9.17, 15) is 9.36 Å². The Kier molecular flexibility index (Phi) is 6.58. The molecule has 0 saturated carbocycles. The van der Waals surface area contributed by atoms with Gasteiger partial charge in [-0.25, -0.2) is 4.57 Å². The molecule has 0 radical (unpaired) electrons. The Hall–Kier alpha value is -1.16. The van der Waals surface area contributed by atoms with Crippen molar-refractivity contribution in [1.82, 2.24) is 5.09 Å². The first-order chi connectivity index (χ1) is 10.4. The molecule has 0 aromatic heterocycles. The molecule has 0 bridgehead atoms. The Morgan fingerprint density at radius 2 is 1.43 bits per heavy atom. The monoisotopic (exact) mass is 341 g/mol. The molecule has 1 aromatic carbocycles. The van der Waals surface area contributed by atoms with Crippen LogP contribution in [0, 0.1) is 0 Å². The van der Waals surface area contributed by atoms with Crippen LogP contribution in [0.2, 0.25) is 0 Å². The molecule has 0 aliphatic carbocycles. The number of carbonyl (C=O) groups is 1. The Bertz CT molecular complexity index is 588. The van der Waals surface area contributed by atoms with Gasteiger partial charge in [-0.05, 0) is 40.0 Å². The molecular weight excluding hydrogens is 313 g/mol. The van der Waals surface area contributed by atoms with Gasteiger partial charge in [0, 0.05) is 0 Å². The highest BCUT2D eigenvalue weighted by molar-refractivity contribution is 7.50. The molecule has 0 heterocycles. The molecule has 0 atom stereocenters. The lowest BCUT2D eigenvalue weighted by Gasteiger charge is -2.22. The molecule has 1 aromatic rings. The van der Waals surface area contributed by atoms with Crippen molar-refractivity contribution >= 4 is 13.7 Å². The maximum Gasteiger partial charge on any atom is 0.429 e. The summed E-state index contributed by atoms with van der Waals surface area (Å²) in [6, 6.07) is 4.22. The van der Waals surface area contributed by atoms with Gasteiger partial charge >= 0.3 is 7.75 Å². The number of hydrogen-bond acceptors (Lipinski definition) is 2. The van der Waals surface area contributed by atoms with Crippen LogP contribution in [0.1, 0.15) is 81.5 Å². The van der Waals surface area contributed by atoms with Crippen molar-refractivity contribution in [2.24, 2.45) is 0 Å². The maximum atomic E-state index is 12.0. The zero-order valence-corrected chi connectivity index (χ0v) is 15.6. The summed E-state index contributed by atoms with van der Waals surface area (Å²) in [6.07, 6.45) is -0.0233. The Labute approximate surface area is 138 Å². The maximum absolute atomic E-state index is 12.0. The summed E-state index contributed by atoms with van der Waals surface area (Å²) in [7, 11) is -4.56. The second-order valence-electron chi connectivity index (χ2n) is 6.90. The molecule has 1 rings (SSSR count). The first-order valence-corrected chi connectivity index (χ1v) is 9.56. The molecule has 0 unspecified atom stereocenters. The van der Waals surface area contributed by atoms with E-state index < -0.39 is 13.7 Å². The number of rotatable bonds is 6. The number of amides is 1. The first-order valence-electron chi connectivity index (χ1n) is 7.95. The van der Waals surface area contributed by atoms with Crippen LogP contribution in [-0.2, 0) is 15.8 Å². The molecule has 23 heavy (non-hydrogen) atoms. The van der Waals surface area contributed by atoms with Crippen molar-refractivity contribution in [2.75, 3.05) is 0 Å². The van der Waals surface area contributed by atoms with E-state index in [1.807, 2.05) is 0 Å². The minimum absolute atomic E-state index is 0.0233. The second kappa shape index (κ2) is 7.61. The predicted octanol–water partition coefficient (Wildman–Crippen LogP) is 3.81. The van der Waals surface area contributed by atoms with Gasteiger partial charge in [-0.2, -0.15) is 0 Å². The smallest absolute Gasteiger partial charge is 0.308 e. The minimum Gasteiger partial charge on any atom is -0.308 e. The van der Waals surface area contributed by atoms with Gasteiger partial charge in [-0.1, -0.05) is 53.7 Å². The molecule has 0 fully saturated rings. The van der Waals surface area contributed by atoms with Crippen molar-refractivity contribution in [2.45, 2.75) is 65.7 Å². The number of hydrogen-bond donors (Lipinski definition) is 3. The van der Waals surface area contributed by atoms with Crippen molar-refractivity contribution in [3.63, 3.8) is 0 Å². The van der Waals surface area contributed by atoms with E-state index in [4.69, 9.17) is 9.79 Å². The number of carbonyl (C=O) groups excluding carboxylic acids is 1. The Morgan fingerprint density at radius 3 is 1.74 bits per heavy atom. The van der Waals surface area contributed by atoms with Crippen LogP contribution in [0.25, 0.3) is 0 Å². The fourth-order valence-electron chi connectivity index (χ4n) is 2.67. The lowest BCUT2D eigenvalue weighted by molar-refractivity contribution is -0.119. The predicted molar refractivity (Wildman–Crippen MR) is 92.6 cm³/mol. The molecule has 3 N–H and O–H groups in total. The van der Waals surface area contributed by atoms with Gasteiger partial charge in [0.05, 0.1) is 6.42 Å². The topological polar surface area (TPSA) is 86.6 Å². The molecule has 130 valence electrons. The summed E-state index contributed by atoms with van der Waals surface area (Å²) in [5, 5.41) is 1.77. The minimum atomic E-state index is -4.56. The van der Waals surface area contributed by atoms with Crippen LogP contribution < -0.4 is 5.09 Å². The van der Waals surface area contributed by atoms with Crippen LogP contribution in [0.5, 0.6) is 0 Å². The van der Waals surface area contributed by atoms with E-state index >= 15 is 0 Å². The van der Waals surface area contributed by atoms with Crippen LogP contribution in [0.4, 0.5) is 0 Å². The van der Waals surface area contributed by atoms with E-state index in [1.54, 1.807) is 5.09 Å². The molecule has 5 nitrogen and oxygen atoms in total. The third kappa shape index (κ3) is 5.76. The Morgan fingerprint density at radius 1 is 1.00 bits per heavy atom. The second-order valence-corrected chi connectivity index (χ2v) is 8.21. The summed E-state index contributed by atoms with van der Waals surface area (Å²) in [5.74, 6) is 0.176. The van der Waals surface area contributed by atoms with Crippen LogP contribution >= 0.6 is 7.75 Å². The van der Waals surface area contributed by atoms with Gasteiger partial charge in [0.15, 0.2) is 0 Å². The van der Waals surface area contributed by atoms with Gasteiger partial charge in [-0.3, -0.25) is 9.88 Å². The highest BCUT2D eigenvalue weighted by Crippen LogP contribution is 2.33. The van der Waals surface area contributed by atoms with E-state index in [2.05, 4.69) is 53.7 Å². The van der Waals surface area contributed by atoms with Gasteiger partial charge in [0.1, 0.15) is 0 Å². The lowest BCUT2D eigenvalue weighted by Crippen LogP contribution is -2.23. The number of benzene rings is 1. The van der Waals surface area contributed by atoms with Gasteiger partial charge in [-0.15, -0.1) is 0 Å². The van der Waals surface area contributed by atoms with E-state index in [-0.39, 0.29) is 18.3 Å². The van der Waals surface area contributed by atoms with Crippen LogP contribution in [0.3, 0.4) is 0 Å². The third-order valence-corrected chi connectivity index (χ3v) is 4.40. The SMILES string of the molecule is CC(C)c1cc(C(C)C)c(CC(=O)NP(=O)(O)O)c(C(C)C)c1. The molecule has 0 saturated heterocycles. The molecule has 1 amide bonds.